The van der Waals surface area contributed by atoms with Gasteiger partial charge in [0, 0.05) is 38.7 Å². The number of Topliss-reactive ketones (excluding diaryl/α,β-unsaturated/α-hetero) is 1. The zero-order chi connectivity index (χ0) is 9.97. The Hall–Kier alpha value is -1.16. The predicted octanol–water partition coefficient (Wildman–Crippen LogP) is 0.141. The van der Waals surface area contributed by atoms with E-state index in [1.807, 2.05) is 19.4 Å². The third-order valence-corrected chi connectivity index (χ3v) is 2.63. The Balaban J connectivity index is 1.99. The molecule has 1 N–H and O–H groups in total. The predicted molar refractivity (Wildman–Crippen MR) is 52.9 cm³/mol. The average molecular weight is 193 g/mol. The third-order valence-electron chi connectivity index (χ3n) is 2.63. The van der Waals surface area contributed by atoms with Crippen LogP contribution in [-0.4, -0.2) is 28.7 Å². The number of nitrogens with one attached hydrogen (secondary N) is 1. The Morgan fingerprint density at radius 3 is 3.21 bits per heavy atom. The first-order valence-corrected chi connectivity index (χ1v) is 4.96. The van der Waals surface area contributed by atoms with Crippen LogP contribution in [0.4, 0.5) is 0 Å². The summed E-state index contributed by atoms with van der Waals surface area (Å²) in [5.74, 6) is 0.528. The Morgan fingerprint density at radius 2 is 2.57 bits per heavy atom. The van der Waals surface area contributed by atoms with Crippen molar-refractivity contribution in [2.24, 2.45) is 13.0 Å². The van der Waals surface area contributed by atoms with Crippen molar-refractivity contribution in [3.05, 3.63) is 18.0 Å². The molecule has 0 radical (unpaired) electrons. The fraction of sp³-hybridized carbons (Fsp3) is 0.600. The summed E-state index contributed by atoms with van der Waals surface area (Å²) >= 11 is 0. The Labute approximate surface area is 83.3 Å². The van der Waals surface area contributed by atoms with E-state index < -0.39 is 0 Å². The van der Waals surface area contributed by atoms with Crippen LogP contribution in [0.25, 0.3) is 0 Å². The molecule has 0 amide bonds. The molecule has 1 aromatic heterocycles. The minimum Gasteiger partial charge on any atom is -0.316 e. The lowest BCUT2D eigenvalue weighted by Gasteiger charge is -2.20. The lowest BCUT2D eigenvalue weighted by atomic mass is 9.92. The number of aryl methyl sites for hydroxylation is 1. The third kappa shape index (κ3) is 2.01. The fourth-order valence-electron chi connectivity index (χ4n) is 1.85. The zero-order valence-electron chi connectivity index (χ0n) is 8.36. The van der Waals surface area contributed by atoms with Gasteiger partial charge in [-0.25, -0.2) is 0 Å². The van der Waals surface area contributed by atoms with E-state index in [9.17, 15) is 4.79 Å². The average Bonchev–Trinajstić information content (AvgIpc) is 2.56. The molecule has 0 bridgehead atoms. The number of aromatic nitrogens is 2. The number of rotatable bonds is 2. The van der Waals surface area contributed by atoms with Gasteiger partial charge in [0.05, 0.1) is 6.20 Å². The summed E-state index contributed by atoms with van der Waals surface area (Å²) in [7, 11) is 1.89. The highest BCUT2D eigenvalue weighted by atomic mass is 16.1. The molecular formula is C10H15N3O. The Bertz CT molecular complexity index is 332. The molecule has 1 aliphatic rings. The minimum atomic E-state index is 0.146. The van der Waals surface area contributed by atoms with Crippen LogP contribution in [0.1, 0.15) is 12.0 Å². The molecule has 0 aromatic carbocycles. The molecule has 2 heterocycles. The van der Waals surface area contributed by atoms with Gasteiger partial charge in [-0.15, -0.1) is 0 Å². The van der Waals surface area contributed by atoms with Gasteiger partial charge in [0.1, 0.15) is 5.78 Å². The van der Waals surface area contributed by atoms with Crippen LogP contribution in [-0.2, 0) is 18.3 Å². The Kier molecular flexibility index (Phi) is 2.63. The van der Waals surface area contributed by atoms with Gasteiger partial charge in [-0.3, -0.25) is 9.48 Å². The molecule has 1 saturated heterocycles. The van der Waals surface area contributed by atoms with Crippen molar-refractivity contribution in [3.8, 4) is 0 Å². The monoisotopic (exact) mass is 193 g/mol. The van der Waals surface area contributed by atoms with Crippen molar-refractivity contribution in [2.45, 2.75) is 12.8 Å². The van der Waals surface area contributed by atoms with Crippen molar-refractivity contribution < 1.29 is 4.79 Å². The van der Waals surface area contributed by atoms with Crippen molar-refractivity contribution in [2.75, 3.05) is 13.1 Å². The van der Waals surface area contributed by atoms with Crippen LogP contribution in [0.3, 0.4) is 0 Å². The molecule has 4 heteroatoms. The smallest absolute Gasteiger partial charge is 0.138 e. The molecule has 1 aromatic rings. The molecule has 1 atom stereocenters. The van der Waals surface area contributed by atoms with E-state index in [4.69, 9.17) is 0 Å². The molecule has 0 saturated carbocycles. The van der Waals surface area contributed by atoms with E-state index in [0.717, 1.165) is 25.1 Å². The van der Waals surface area contributed by atoms with Gasteiger partial charge < -0.3 is 5.32 Å². The summed E-state index contributed by atoms with van der Waals surface area (Å²) in [6, 6.07) is 0. The maximum Gasteiger partial charge on any atom is 0.138 e. The molecular weight excluding hydrogens is 178 g/mol. The number of carbonyl (C=O) groups is 1. The van der Waals surface area contributed by atoms with Gasteiger partial charge in [-0.2, -0.15) is 5.10 Å². The van der Waals surface area contributed by atoms with Gasteiger partial charge in [-0.05, 0) is 12.0 Å². The summed E-state index contributed by atoms with van der Waals surface area (Å²) < 4.78 is 1.77. The first kappa shape index (κ1) is 9.40. The van der Waals surface area contributed by atoms with Crippen LogP contribution < -0.4 is 5.32 Å². The SMILES string of the molecule is Cn1cc(CC2CNCCC2=O)cn1. The van der Waals surface area contributed by atoms with E-state index in [0.29, 0.717) is 12.2 Å². The summed E-state index contributed by atoms with van der Waals surface area (Å²) in [5, 5.41) is 7.34. The van der Waals surface area contributed by atoms with Gasteiger partial charge >= 0.3 is 0 Å². The highest BCUT2D eigenvalue weighted by Crippen LogP contribution is 2.12. The standard InChI is InChI=1S/C10H15N3O/c1-13-7-8(5-12-13)4-9-6-11-3-2-10(9)14/h5,7,9,11H,2-4,6H2,1H3. The van der Waals surface area contributed by atoms with Crippen molar-refractivity contribution in [1.29, 1.82) is 0 Å². The van der Waals surface area contributed by atoms with E-state index in [1.54, 1.807) is 4.68 Å². The van der Waals surface area contributed by atoms with Gasteiger partial charge in [0.25, 0.3) is 0 Å². The molecule has 14 heavy (non-hydrogen) atoms. The molecule has 1 unspecified atom stereocenters. The number of nitrogens with zero attached hydrogens (tertiary/aromatic N) is 2. The van der Waals surface area contributed by atoms with Crippen molar-refractivity contribution >= 4 is 5.78 Å². The topological polar surface area (TPSA) is 46.9 Å². The van der Waals surface area contributed by atoms with E-state index in [-0.39, 0.29) is 5.92 Å². The molecule has 0 spiro atoms. The molecule has 2 rings (SSSR count). The largest absolute Gasteiger partial charge is 0.316 e. The number of hydrogen-bond acceptors (Lipinski definition) is 3. The second-order valence-electron chi connectivity index (χ2n) is 3.84. The quantitative estimate of drug-likeness (QED) is 0.727. The Morgan fingerprint density at radius 1 is 1.71 bits per heavy atom. The maximum absolute atomic E-state index is 11.5. The summed E-state index contributed by atoms with van der Waals surface area (Å²) in [6.07, 6.45) is 5.30. The van der Waals surface area contributed by atoms with E-state index >= 15 is 0 Å². The molecule has 4 nitrogen and oxygen atoms in total. The molecule has 0 aliphatic carbocycles. The fourth-order valence-corrected chi connectivity index (χ4v) is 1.85. The van der Waals surface area contributed by atoms with Crippen molar-refractivity contribution in [1.82, 2.24) is 15.1 Å². The molecule has 76 valence electrons. The molecule has 1 aliphatic heterocycles. The second kappa shape index (κ2) is 3.92. The minimum absolute atomic E-state index is 0.146. The number of hydrogen-bond donors (Lipinski definition) is 1. The summed E-state index contributed by atoms with van der Waals surface area (Å²) in [4.78, 5) is 11.5. The van der Waals surface area contributed by atoms with E-state index in [1.165, 1.54) is 0 Å². The van der Waals surface area contributed by atoms with E-state index in [2.05, 4.69) is 10.4 Å². The van der Waals surface area contributed by atoms with Gasteiger partial charge in [-0.1, -0.05) is 0 Å². The van der Waals surface area contributed by atoms with Gasteiger partial charge in [0.2, 0.25) is 0 Å². The molecule has 1 fully saturated rings. The number of piperidine rings is 1. The number of carbonyl (C=O) groups excluding carboxylic acids is 1. The van der Waals surface area contributed by atoms with Gasteiger partial charge in [0.15, 0.2) is 0 Å². The maximum atomic E-state index is 11.5. The zero-order valence-corrected chi connectivity index (χ0v) is 8.36. The first-order chi connectivity index (χ1) is 6.75. The summed E-state index contributed by atoms with van der Waals surface area (Å²) in [6.45, 7) is 1.65. The van der Waals surface area contributed by atoms with Crippen LogP contribution in [0.2, 0.25) is 0 Å². The second-order valence-corrected chi connectivity index (χ2v) is 3.84. The van der Waals surface area contributed by atoms with Crippen LogP contribution in [0.15, 0.2) is 12.4 Å². The van der Waals surface area contributed by atoms with Crippen LogP contribution >= 0.6 is 0 Å². The number of ketones is 1. The first-order valence-electron chi connectivity index (χ1n) is 4.96. The van der Waals surface area contributed by atoms with Crippen molar-refractivity contribution in [3.63, 3.8) is 0 Å². The lowest BCUT2D eigenvalue weighted by molar-refractivity contribution is -0.123. The van der Waals surface area contributed by atoms with Crippen LogP contribution in [0, 0.1) is 5.92 Å². The lowest BCUT2D eigenvalue weighted by Crippen LogP contribution is -2.37. The highest BCUT2D eigenvalue weighted by Gasteiger charge is 2.22. The summed E-state index contributed by atoms with van der Waals surface area (Å²) in [5.41, 5.74) is 1.15. The normalized spacial score (nSPS) is 22.6. The highest BCUT2D eigenvalue weighted by molar-refractivity contribution is 5.82. The van der Waals surface area contributed by atoms with Crippen LogP contribution in [0.5, 0.6) is 0 Å².